The summed E-state index contributed by atoms with van der Waals surface area (Å²) in [5.41, 5.74) is 1.78. The maximum atomic E-state index is 12.2. The molecule has 0 N–H and O–H groups in total. The molecule has 1 unspecified atom stereocenters. The van der Waals surface area contributed by atoms with Crippen molar-refractivity contribution in [3.8, 4) is 6.07 Å². The largest absolute Gasteiger partial charge is 0.293 e. The molecule has 0 aromatic carbocycles. The second-order valence-electron chi connectivity index (χ2n) is 5.60. The first-order valence-electron chi connectivity index (χ1n) is 6.14. The van der Waals surface area contributed by atoms with E-state index in [-0.39, 0.29) is 11.2 Å². The number of nitrogens with zero attached hydrogens (tertiary/aromatic N) is 1. The highest BCUT2D eigenvalue weighted by Crippen LogP contribution is 2.34. The lowest BCUT2D eigenvalue weighted by atomic mass is 9.72. The molecule has 0 amide bonds. The molecule has 1 atom stereocenters. The van der Waals surface area contributed by atoms with Gasteiger partial charge in [-0.2, -0.15) is 5.26 Å². The summed E-state index contributed by atoms with van der Waals surface area (Å²) < 4.78 is 0. The van der Waals surface area contributed by atoms with E-state index >= 15 is 0 Å². The molecule has 0 aromatic rings. The van der Waals surface area contributed by atoms with Gasteiger partial charge < -0.3 is 0 Å². The molecule has 0 aromatic heterocycles. The zero-order valence-electron chi connectivity index (χ0n) is 11.2. The van der Waals surface area contributed by atoms with Gasteiger partial charge in [0, 0.05) is 0 Å². The van der Waals surface area contributed by atoms with E-state index in [1.807, 2.05) is 26.8 Å². The number of nitriles is 1. The van der Waals surface area contributed by atoms with Crippen molar-refractivity contribution in [1.82, 2.24) is 0 Å². The van der Waals surface area contributed by atoms with Gasteiger partial charge in [0.15, 0.2) is 5.78 Å². The van der Waals surface area contributed by atoms with E-state index in [9.17, 15) is 10.1 Å². The van der Waals surface area contributed by atoms with E-state index in [0.717, 1.165) is 24.8 Å². The van der Waals surface area contributed by atoms with Crippen LogP contribution in [0.25, 0.3) is 0 Å². The average molecular weight is 231 g/mol. The third kappa shape index (κ3) is 3.30. The van der Waals surface area contributed by atoms with E-state index in [1.54, 1.807) is 0 Å². The Morgan fingerprint density at radius 1 is 1.35 bits per heavy atom. The molecule has 1 aliphatic carbocycles. The second-order valence-corrected chi connectivity index (χ2v) is 5.60. The Morgan fingerprint density at radius 3 is 2.59 bits per heavy atom. The van der Waals surface area contributed by atoms with Gasteiger partial charge in [0.1, 0.15) is 5.92 Å². The maximum absolute atomic E-state index is 12.2. The molecule has 0 saturated carbocycles. The van der Waals surface area contributed by atoms with Crippen LogP contribution in [0.1, 0.15) is 47.0 Å². The van der Waals surface area contributed by atoms with Crippen LogP contribution < -0.4 is 0 Å². The van der Waals surface area contributed by atoms with Gasteiger partial charge in [-0.05, 0) is 44.1 Å². The molecule has 0 heterocycles. The van der Waals surface area contributed by atoms with E-state index in [0.29, 0.717) is 0 Å². The predicted octanol–water partition coefficient (Wildman–Crippen LogP) is 3.80. The molecular formula is C15H21NO. The summed E-state index contributed by atoms with van der Waals surface area (Å²) in [6.07, 6.45) is 6.81. The number of hydrogen-bond donors (Lipinski definition) is 0. The minimum absolute atomic E-state index is 0.00884. The number of Topliss-reactive ketones (excluding diaryl/α,β-unsaturated/α-hetero) is 1. The quantitative estimate of drug-likeness (QED) is 0.595. The number of hydrogen-bond acceptors (Lipinski definition) is 2. The van der Waals surface area contributed by atoms with E-state index < -0.39 is 5.92 Å². The molecular weight excluding hydrogens is 210 g/mol. The lowest BCUT2D eigenvalue weighted by Gasteiger charge is -2.28. The third-order valence-electron chi connectivity index (χ3n) is 3.53. The van der Waals surface area contributed by atoms with Gasteiger partial charge >= 0.3 is 0 Å². The molecule has 0 bridgehead atoms. The smallest absolute Gasteiger partial charge is 0.175 e. The highest BCUT2D eigenvalue weighted by molar-refractivity contribution is 5.98. The monoisotopic (exact) mass is 231 g/mol. The first-order chi connectivity index (χ1) is 7.88. The average Bonchev–Trinajstić information content (AvgIpc) is 2.25. The summed E-state index contributed by atoms with van der Waals surface area (Å²) in [4.78, 5) is 12.2. The van der Waals surface area contributed by atoms with Gasteiger partial charge in [0.05, 0.1) is 6.07 Å². The zero-order valence-corrected chi connectivity index (χ0v) is 11.2. The van der Waals surface area contributed by atoms with Crippen LogP contribution in [-0.2, 0) is 4.79 Å². The maximum Gasteiger partial charge on any atom is 0.175 e. The predicted molar refractivity (Wildman–Crippen MR) is 69.3 cm³/mol. The van der Waals surface area contributed by atoms with Gasteiger partial charge in [-0.1, -0.05) is 31.6 Å². The van der Waals surface area contributed by atoms with Crippen LogP contribution >= 0.6 is 0 Å². The molecule has 0 spiro atoms. The fourth-order valence-corrected chi connectivity index (χ4v) is 2.09. The normalized spacial score (nSPS) is 31.7. The fraction of sp³-hybridized carbons (Fsp3) is 0.600. The summed E-state index contributed by atoms with van der Waals surface area (Å²) in [7, 11) is 0. The van der Waals surface area contributed by atoms with E-state index in [4.69, 9.17) is 0 Å². The molecule has 92 valence electrons. The molecule has 1 aliphatic rings. The summed E-state index contributed by atoms with van der Waals surface area (Å²) in [6, 6.07) is 2.19. The molecule has 0 aliphatic heterocycles. The van der Waals surface area contributed by atoms with Crippen molar-refractivity contribution >= 4 is 5.78 Å². The first-order valence-corrected chi connectivity index (χ1v) is 6.14. The lowest BCUT2D eigenvalue weighted by Crippen LogP contribution is -2.30. The first kappa shape index (κ1) is 13.7. The third-order valence-corrected chi connectivity index (χ3v) is 3.53. The Labute approximate surface area is 104 Å². The van der Waals surface area contributed by atoms with Crippen LogP contribution in [0.5, 0.6) is 0 Å². The van der Waals surface area contributed by atoms with E-state index in [2.05, 4.69) is 19.1 Å². The molecule has 0 saturated heterocycles. The fourth-order valence-electron chi connectivity index (χ4n) is 2.09. The number of ketones is 1. The Hall–Kier alpha value is -1.36. The Kier molecular flexibility index (Phi) is 4.28. The van der Waals surface area contributed by atoms with Gasteiger partial charge in [0.2, 0.25) is 0 Å². The highest BCUT2D eigenvalue weighted by atomic mass is 16.1. The Bertz CT molecular complexity index is 407. The van der Waals surface area contributed by atoms with Crippen molar-refractivity contribution < 1.29 is 4.79 Å². The molecule has 0 fully saturated rings. The van der Waals surface area contributed by atoms with Crippen LogP contribution in [0.4, 0.5) is 0 Å². The molecule has 2 heteroatoms. The zero-order chi connectivity index (χ0) is 13.1. The number of rotatable bonds is 0. The van der Waals surface area contributed by atoms with Crippen LogP contribution in [-0.4, -0.2) is 5.78 Å². The van der Waals surface area contributed by atoms with Gasteiger partial charge in [-0.25, -0.2) is 0 Å². The van der Waals surface area contributed by atoms with Crippen molar-refractivity contribution in [2.24, 2.45) is 11.3 Å². The van der Waals surface area contributed by atoms with Crippen molar-refractivity contribution in [2.45, 2.75) is 47.0 Å². The van der Waals surface area contributed by atoms with Crippen LogP contribution in [0, 0.1) is 22.7 Å². The van der Waals surface area contributed by atoms with Gasteiger partial charge in [0.25, 0.3) is 0 Å². The van der Waals surface area contributed by atoms with Crippen LogP contribution in [0.15, 0.2) is 23.3 Å². The van der Waals surface area contributed by atoms with Crippen LogP contribution in [0.2, 0.25) is 0 Å². The summed E-state index contributed by atoms with van der Waals surface area (Å²) in [5, 5.41) is 9.24. The Balaban J connectivity index is 3.13. The molecule has 1 rings (SSSR count). The topological polar surface area (TPSA) is 40.9 Å². The van der Waals surface area contributed by atoms with E-state index in [1.165, 1.54) is 5.57 Å². The molecule has 2 nitrogen and oxygen atoms in total. The SMILES string of the molecule is C/C1=C\CC(C)(C)C(C#N)C(=O)/C(C)=C/CC1. The van der Waals surface area contributed by atoms with Crippen molar-refractivity contribution in [1.29, 1.82) is 5.26 Å². The number of carbonyl (C=O) groups excluding carboxylic acids is 1. The second kappa shape index (κ2) is 5.31. The highest BCUT2D eigenvalue weighted by Gasteiger charge is 2.35. The Morgan fingerprint density at radius 2 is 2.00 bits per heavy atom. The summed E-state index contributed by atoms with van der Waals surface area (Å²) in [6.45, 7) is 7.93. The summed E-state index contributed by atoms with van der Waals surface area (Å²) >= 11 is 0. The van der Waals surface area contributed by atoms with Crippen molar-refractivity contribution in [3.63, 3.8) is 0 Å². The minimum atomic E-state index is -0.541. The summed E-state index contributed by atoms with van der Waals surface area (Å²) in [5.74, 6) is -0.550. The lowest BCUT2D eigenvalue weighted by molar-refractivity contribution is -0.120. The number of carbonyl (C=O) groups is 1. The van der Waals surface area contributed by atoms with Crippen LogP contribution in [0.3, 0.4) is 0 Å². The standard InChI is InChI=1S/C15H21NO/c1-11-6-5-7-12(2)14(17)13(10-16)15(3,4)9-8-11/h7-8,13H,5-6,9H2,1-4H3/b11-8+,12-7+. The number of allylic oxidation sites excluding steroid dienone is 4. The minimum Gasteiger partial charge on any atom is -0.293 e. The molecule has 17 heavy (non-hydrogen) atoms. The van der Waals surface area contributed by atoms with Crippen molar-refractivity contribution in [2.75, 3.05) is 0 Å². The van der Waals surface area contributed by atoms with Gasteiger partial charge in [-0.3, -0.25) is 4.79 Å². The molecule has 0 radical (unpaired) electrons. The van der Waals surface area contributed by atoms with Gasteiger partial charge in [-0.15, -0.1) is 0 Å². The van der Waals surface area contributed by atoms with Crippen molar-refractivity contribution in [3.05, 3.63) is 23.3 Å².